The van der Waals surface area contributed by atoms with Crippen molar-refractivity contribution in [1.82, 2.24) is 4.98 Å². The molecule has 2 rings (SSSR count). The fourth-order valence-corrected chi connectivity index (χ4v) is 1.46. The Hall–Kier alpha value is -1.88. The summed E-state index contributed by atoms with van der Waals surface area (Å²) in [6.07, 6.45) is 0. The molecule has 1 heterocycles. The van der Waals surface area contributed by atoms with Gasteiger partial charge in [-0.05, 0) is 29.2 Å². The number of halogens is 1. The van der Waals surface area contributed by atoms with Gasteiger partial charge in [-0.15, -0.1) is 0 Å². The summed E-state index contributed by atoms with van der Waals surface area (Å²) in [5.74, 6) is 0.135. The zero-order valence-corrected chi connectivity index (χ0v) is 9.06. The van der Waals surface area contributed by atoms with Crippen molar-refractivity contribution >= 4 is 17.4 Å². The number of nitro groups is 1. The van der Waals surface area contributed by atoms with Crippen LogP contribution in [0.2, 0.25) is 5.02 Å². The molecular formula is C10H7ClN2O3. The van der Waals surface area contributed by atoms with Crippen LogP contribution in [0, 0.1) is 17.0 Å². The highest BCUT2D eigenvalue weighted by Gasteiger charge is 2.23. The van der Waals surface area contributed by atoms with Crippen LogP contribution in [0.5, 0.6) is 0 Å². The molecule has 1 aromatic carbocycles. The van der Waals surface area contributed by atoms with E-state index in [4.69, 9.17) is 16.0 Å². The third-order valence-corrected chi connectivity index (χ3v) is 2.25. The first-order chi connectivity index (χ1) is 7.58. The summed E-state index contributed by atoms with van der Waals surface area (Å²) in [6, 6.07) is 6.57. The molecule has 0 N–H and O–H groups in total. The van der Waals surface area contributed by atoms with E-state index in [2.05, 4.69) is 4.98 Å². The smallest absolute Gasteiger partial charge is 0.411 e. The van der Waals surface area contributed by atoms with Crippen molar-refractivity contribution in [3.8, 4) is 11.3 Å². The van der Waals surface area contributed by atoms with Crippen LogP contribution in [-0.2, 0) is 0 Å². The average molecular weight is 239 g/mol. The number of nitrogens with zero attached hydrogens (tertiary/aromatic N) is 2. The Kier molecular flexibility index (Phi) is 2.62. The van der Waals surface area contributed by atoms with Gasteiger partial charge in [-0.3, -0.25) is 0 Å². The van der Waals surface area contributed by atoms with Gasteiger partial charge in [0.25, 0.3) is 0 Å². The molecule has 2 aromatic rings. The molecule has 0 saturated heterocycles. The average Bonchev–Trinajstić information content (AvgIpc) is 2.61. The molecule has 16 heavy (non-hydrogen) atoms. The maximum atomic E-state index is 10.7. The van der Waals surface area contributed by atoms with Crippen molar-refractivity contribution in [3.63, 3.8) is 0 Å². The van der Waals surface area contributed by atoms with E-state index in [1.807, 2.05) is 0 Å². The van der Waals surface area contributed by atoms with E-state index in [1.165, 1.54) is 0 Å². The number of hydrogen-bond donors (Lipinski definition) is 0. The molecule has 0 radical (unpaired) electrons. The van der Waals surface area contributed by atoms with Gasteiger partial charge in [0, 0.05) is 22.5 Å². The predicted octanol–water partition coefficient (Wildman–Crippen LogP) is 3.21. The molecule has 0 aliphatic rings. The second-order valence-corrected chi connectivity index (χ2v) is 3.59. The van der Waals surface area contributed by atoms with Crippen molar-refractivity contribution in [2.45, 2.75) is 6.92 Å². The number of aromatic nitrogens is 1. The molecule has 0 amide bonds. The summed E-state index contributed by atoms with van der Waals surface area (Å²) in [4.78, 5) is 13.9. The van der Waals surface area contributed by atoms with Crippen LogP contribution in [0.4, 0.5) is 5.82 Å². The Labute approximate surface area is 95.8 Å². The van der Waals surface area contributed by atoms with Gasteiger partial charge in [-0.1, -0.05) is 11.6 Å². The molecule has 0 saturated carbocycles. The topological polar surface area (TPSA) is 69.2 Å². The molecule has 0 atom stereocenters. The highest BCUT2D eigenvalue weighted by molar-refractivity contribution is 6.30. The number of benzene rings is 1. The second-order valence-electron chi connectivity index (χ2n) is 3.15. The molecule has 0 bridgehead atoms. The van der Waals surface area contributed by atoms with Crippen molar-refractivity contribution in [1.29, 1.82) is 0 Å². The van der Waals surface area contributed by atoms with E-state index in [1.54, 1.807) is 31.2 Å². The van der Waals surface area contributed by atoms with Crippen LogP contribution < -0.4 is 0 Å². The first-order valence-electron chi connectivity index (χ1n) is 4.45. The van der Waals surface area contributed by atoms with Crippen molar-refractivity contribution < 1.29 is 9.34 Å². The molecule has 0 unspecified atom stereocenters. The number of rotatable bonds is 2. The zero-order valence-electron chi connectivity index (χ0n) is 8.31. The van der Waals surface area contributed by atoms with Crippen LogP contribution in [0.1, 0.15) is 5.89 Å². The summed E-state index contributed by atoms with van der Waals surface area (Å²) in [7, 11) is 0. The molecule has 6 heteroatoms. The number of oxazole rings is 1. The van der Waals surface area contributed by atoms with E-state index in [-0.39, 0.29) is 17.5 Å². The Morgan fingerprint density at radius 1 is 1.38 bits per heavy atom. The predicted molar refractivity (Wildman–Crippen MR) is 58.3 cm³/mol. The minimum absolute atomic E-state index is 0.152. The van der Waals surface area contributed by atoms with E-state index < -0.39 is 4.92 Å². The first kappa shape index (κ1) is 10.6. The fourth-order valence-electron chi connectivity index (χ4n) is 1.33. The number of aryl methyl sites for hydroxylation is 1. The molecule has 0 aliphatic heterocycles. The lowest BCUT2D eigenvalue weighted by Crippen LogP contribution is -1.90. The normalized spacial score (nSPS) is 10.4. The molecule has 1 aromatic heterocycles. The summed E-state index contributed by atoms with van der Waals surface area (Å²) >= 11 is 5.73. The lowest BCUT2D eigenvalue weighted by atomic mass is 10.2. The van der Waals surface area contributed by atoms with Crippen LogP contribution in [0.15, 0.2) is 28.7 Å². The molecule has 0 aliphatic carbocycles. The van der Waals surface area contributed by atoms with Gasteiger partial charge in [0.15, 0.2) is 0 Å². The molecular weight excluding hydrogens is 232 g/mol. The Morgan fingerprint density at radius 3 is 2.56 bits per heavy atom. The van der Waals surface area contributed by atoms with Gasteiger partial charge < -0.3 is 14.5 Å². The minimum Gasteiger partial charge on any atom is -0.414 e. The molecule has 5 nitrogen and oxygen atoms in total. The standard InChI is InChI=1S/C10H7ClN2O3/c1-6-12-10(13(14)15)9(16-6)7-2-4-8(11)5-3-7/h2-5H,1H3. The summed E-state index contributed by atoms with van der Waals surface area (Å²) in [5, 5.41) is 11.3. The van der Waals surface area contributed by atoms with Crippen LogP contribution in [-0.4, -0.2) is 9.91 Å². The zero-order chi connectivity index (χ0) is 11.7. The fraction of sp³-hybridized carbons (Fsp3) is 0.100. The van der Waals surface area contributed by atoms with Crippen LogP contribution >= 0.6 is 11.6 Å². The largest absolute Gasteiger partial charge is 0.414 e. The lowest BCUT2D eigenvalue weighted by Gasteiger charge is -1.96. The van der Waals surface area contributed by atoms with Gasteiger partial charge in [0.2, 0.25) is 5.76 Å². The molecule has 0 fully saturated rings. The van der Waals surface area contributed by atoms with E-state index in [0.717, 1.165) is 0 Å². The Bertz CT molecular complexity index is 533. The first-order valence-corrected chi connectivity index (χ1v) is 4.83. The maximum Gasteiger partial charge on any atom is 0.411 e. The summed E-state index contributed by atoms with van der Waals surface area (Å²) in [6.45, 7) is 1.56. The molecule has 0 spiro atoms. The van der Waals surface area contributed by atoms with Gasteiger partial charge in [0.05, 0.1) is 0 Å². The van der Waals surface area contributed by atoms with Gasteiger partial charge in [-0.2, -0.15) is 0 Å². The van der Waals surface area contributed by atoms with Crippen molar-refractivity contribution in [3.05, 3.63) is 45.3 Å². The van der Waals surface area contributed by atoms with E-state index >= 15 is 0 Å². The summed E-state index contributed by atoms with van der Waals surface area (Å²) in [5.41, 5.74) is 0.580. The highest BCUT2D eigenvalue weighted by Crippen LogP contribution is 2.30. The maximum absolute atomic E-state index is 10.7. The lowest BCUT2D eigenvalue weighted by molar-refractivity contribution is -0.388. The van der Waals surface area contributed by atoms with Crippen molar-refractivity contribution in [2.24, 2.45) is 0 Å². The Balaban J connectivity index is 2.55. The quantitative estimate of drug-likeness (QED) is 0.595. The van der Waals surface area contributed by atoms with E-state index in [0.29, 0.717) is 10.6 Å². The third kappa shape index (κ3) is 1.90. The highest BCUT2D eigenvalue weighted by atomic mass is 35.5. The van der Waals surface area contributed by atoms with Crippen LogP contribution in [0.3, 0.4) is 0 Å². The third-order valence-electron chi connectivity index (χ3n) is 2.00. The SMILES string of the molecule is Cc1nc([N+](=O)[O-])c(-c2ccc(Cl)cc2)o1. The number of hydrogen-bond acceptors (Lipinski definition) is 4. The Morgan fingerprint density at radius 2 is 2.00 bits per heavy atom. The summed E-state index contributed by atoms with van der Waals surface area (Å²) < 4.78 is 5.21. The molecule has 82 valence electrons. The van der Waals surface area contributed by atoms with Crippen molar-refractivity contribution in [2.75, 3.05) is 0 Å². The van der Waals surface area contributed by atoms with Gasteiger partial charge in [-0.25, -0.2) is 0 Å². The second kappa shape index (κ2) is 3.94. The van der Waals surface area contributed by atoms with E-state index in [9.17, 15) is 10.1 Å². The van der Waals surface area contributed by atoms with Gasteiger partial charge in [0.1, 0.15) is 0 Å². The minimum atomic E-state index is -0.569. The van der Waals surface area contributed by atoms with Crippen LogP contribution in [0.25, 0.3) is 11.3 Å². The monoisotopic (exact) mass is 238 g/mol. The van der Waals surface area contributed by atoms with Gasteiger partial charge >= 0.3 is 11.7 Å².